The summed E-state index contributed by atoms with van der Waals surface area (Å²) in [5.74, 6) is -1.52. The van der Waals surface area contributed by atoms with Crippen molar-refractivity contribution in [2.24, 2.45) is 5.92 Å². The van der Waals surface area contributed by atoms with Crippen LogP contribution in [0.4, 0.5) is 11.4 Å². The summed E-state index contributed by atoms with van der Waals surface area (Å²) in [7, 11) is 0. The fourth-order valence-corrected chi connectivity index (χ4v) is 7.17. The van der Waals surface area contributed by atoms with Crippen molar-refractivity contribution in [3.05, 3.63) is 124 Å². The van der Waals surface area contributed by atoms with E-state index in [-0.39, 0.29) is 17.5 Å². The number of amides is 1. The van der Waals surface area contributed by atoms with Crippen molar-refractivity contribution in [1.82, 2.24) is 0 Å². The summed E-state index contributed by atoms with van der Waals surface area (Å²) in [6.45, 7) is 0. The smallest absolute Gasteiger partial charge is 0.238 e. The summed E-state index contributed by atoms with van der Waals surface area (Å²) in [6.07, 6.45) is 4.01. The van der Waals surface area contributed by atoms with Crippen molar-refractivity contribution in [2.75, 3.05) is 10.2 Å². The topological polar surface area (TPSA) is 66.5 Å². The number of nitrogens with zero attached hydrogens (tertiary/aromatic N) is 1. The molecule has 4 atom stereocenters. The van der Waals surface area contributed by atoms with Gasteiger partial charge in [0.15, 0.2) is 11.6 Å². The zero-order chi connectivity index (χ0) is 25.1. The molecule has 0 bridgehead atoms. The van der Waals surface area contributed by atoms with Gasteiger partial charge in [-0.05, 0) is 34.7 Å². The lowest BCUT2D eigenvalue weighted by Gasteiger charge is -2.37. The van der Waals surface area contributed by atoms with Crippen molar-refractivity contribution in [3.63, 3.8) is 0 Å². The summed E-state index contributed by atoms with van der Waals surface area (Å²) >= 11 is 1.34. The Morgan fingerprint density at radius 1 is 0.838 bits per heavy atom. The molecule has 0 unspecified atom stereocenters. The lowest BCUT2D eigenvalue weighted by Crippen LogP contribution is -2.51. The Kier molecular flexibility index (Phi) is 4.81. The summed E-state index contributed by atoms with van der Waals surface area (Å²) < 4.78 is 0. The lowest BCUT2D eigenvalue weighted by molar-refractivity contribution is -0.121. The van der Waals surface area contributed by atoms with Crippen molar-refractivity contribution < 1.29 is 14.4 Å². The van der Waals surface area contributed by atoms with Crippen LogP contribution in [0, 0.1) is 5.92 Å². The van der Waals surface area contributed by atoms with E-state index in [4.69, 9.17) is 0 Å². The van der Waals surface area contributed by atoms with Crippen LogP contribution in [-0.4, -0.2) is 29.6 Å². The normalized spacial score (nSPS) is 24.9. The van der Waals surface area contributed by atoms with Crippen molar-refractivity contribution in [3.8, 4) is 0 Å². The number of hydrogen-bond acceptors (Lipinski definition) is 5. The van der Waals surface area contributed by atoms with Crippen LogP contribution < -0.4 is 10.2 Å². The molecular weight excluding hydrogens is 480 g/mol. The molecule has 37 heavy (non-hydrogen) atoms. The highest BCUT2D eigenvalue weighted by Gasteiger charge is 2.70. The Balaban J connectivity index is 1.55. The third-order valence-corrected chi connectivity index (χ3v) is 8.80. The molecule has 7 rings (SSSR count). The maximum atomic E-state index is 14.5. The molecule has 1 aromatic heterocycles. The Hall–Kier alpha value is -4.29. The van der Waals surface area contributed by atoms with Gasteiger partial charge in [-0.25, -0.2) is 0 Å². The Morgan fingerprint density at radius 2 is 1.59 bits per heavy atom. The molecule has 1 fully saturated rings. The molecule has 1 spiro atoms. The lowest BCUT2D eigenvalue weighted by atomic mass is 9.64. The van der Waals surface area contributed by atoms with Crippen LogP contribution in [0.5, 0.6) is 0 Å². The number of thiophene rings is 1. The van der Waals surface area contributed by atoms with E-state index < -0.39 is 23.4 Å². The summed E-state index contributed by atoms with van der Waals surface area (Å²) in [4.78, 5) is 45.6. The first-order chi connectivity index (χ1) is 18.1. The van der Waals surface area contributed by atoms with Gasteiger partial charge >= 0.3 is 0 Å². The Morgan fingerprint density at radius 3 is 2.41 bits per heavy atom. The van der Waals surface area contributed by atoms with E-state index in [0.717, 1.165) is 16.8 Å². The number of ketones is 2. The molecule has 6 heteroatoms. The van der Waals surface area contributed by atoms with E-state index in [1.165, 1.54) is 11.3 Å². The number of Topliss-reactive ketones (excluding diaryl/α,β-unsaturated/α-hetero) is 2. The highest BCUT2D eigenvalue weighted by molar-refractivity contribution is 7.12. The second-order valence-corrected chi connectivity index (χ2v) is 10.6. The Bertz CT molecular complexity index is 1590. The van der Waals surface area contributed by atoms with Crippen LogP contribution in [0.25, 0.3) is 6.08 Å². The summed E-state index contributed by atoms with van der Waals surface area (Å²) in [5.41, 5.74) is 2.51. The molecule has 4 aromatic rings. The predicted molar refractivity (Wildman–Crippen MR) is 145 cm³/mol. The van der Waals surface area contributed by atoms with Gasteiger partial charge in [0.25, 0.3) is 0 Å². The third kappa shape index (κ3) is 2.93. The molecule has 4 heterocycles. The van der Waals surface area contributed by atoms with Gasteiger partial charge in [-0.1, -0.05) is 84.9 Å². The van der Waals surface area contributed by atoms with E-state index in [2.05, 4.69) is 5.32 Å². The van der Waals surface area contributed by atoms with E-state index in [1.54, 1.807) is 18.2 Å². The van der Waals surface area contributed by atoms with Crippen molar-refractivity contribution >= 4 is 46.3 Å². The maximum absolute atomic E-state index is 14.5. The highest BCUT2D eigenvalue weighted by Crippen LogP contribution is 2.58. The van der Waals surface area contributed by atoms with E-state index in [1.807, 2.05) is 95.2 Å². The fourth-order valence-electron chi connectivity index (χ4n) is 6.46. The molecule has 1 amide bonds. The zero-order valence-corrected chi connectivity index (χ0v) is 20.5. The van der Waals surface area contributed by atoms with Gasteiger partial charge in [-0.2, -0.15) is 0 Å². The molecule has 0 radical (unpaired) electrons. The number of fused-ring (bicyclic) bond motifs is 6. The maximum Gasteiger partial charge on any atom is 0.238 e. The summed E-state index contributed by atoms with van der Waals surface area (Å²) in [6, 6.07) is 26.7. The summed E-state index contributed by atoms with van der Waals surface area (Å²) in [5, 5.41) is 4.91. The average Bonchev–Trinajstić information content (AvgIpc) is 3.65. The molecule has 3 aliphatic rings. The molecule has 180 valence electrons. The number of para-hydroxylation sites is 2. The van der Waals surface area contributed by atoms with Crippen LogP contribution in [0.1, 0.15) is 31.2 Å². The van der Waals surface area contributed by atoms with Gasteiger partial charge in [0, 0.05) is 16.9 Å². The van der Waals surface area contributed by atoms with E-state index in [9.17, 15) is 14.4 Å². The van der Waals surface area contributed by atoms with Gasteiger partial charge in [0.1, 0.15) is 11.5 Å². The number of rotatable bonds is 4. The second-order valence-electron chi connectivity index (χ2n) is 9.63. The number of nitrogens with one attached hydrogen (secondary N) is 1. The van der Waals surface area contributed by atoms with Gasteiger partial charge in [0.2, 0.25) is 5.91 Å². The number of benzene rings is 3. The highest BCUT2D eigenvalue weighted by atomic mass is 32.1. The molecule has 3 aromatic carbocycles. The first-order valence-corrected chi connectivity index (χ1v) is 13.1. The van der Waals surface area contributed by atoms with Crippen LogP contribution in [0.3, 0.4) is 0 Å². The number of anilines is 2. The van der Waals surface area contributed by atoms with Gasteiger partial charge in [0.05, 0.1) is 16.8 Å². The predicted octanol–water partition coefficient (Wildman–Crippen LogP) is 5.60. The third-order valence-electron chi connectivity index (χ3n) is 7.92. The molecule has 0 saturated carbocycles. The van der Waals surface area contributed by atoms with Crippen molar-refractivity contribution in [2.45, 2.75) is 17.5 Å². The zero-order valence-electron chi connectivity index (χ0n) is 19.7. The standard InChI is InChI=1S/C31H22N2O3S/c34-28(20-10-2-1-3-11-20)27-26(29(35)24-15-8-18-37-24)31(21-12-5-6-13-22(21)32-30(31)36)25-17-16-19-9-4-7-14-23(19)33(25)27/h1-18,25-27H,(H,32,36)/t25-,26-,27-,31-/m1/s1. The van der Waals surface area contributed by atoms with Crippen LogP contribution in [0.2, 0.25) is 0 Å². The van der Waals surface area contributed by atoms with Gasteiger partial charge in [-0.15, -0.1) is 11.3 Å². The minimum atomic E-state index is -1.27. The second kappa shape index (κ2) is 8.11. The van der Waals surface area contributed by atoms with Gasteiger partial charge < -0.3 is 10.2 Å². The number of carbonyl (C=O) groups is 3. The number of carbonyl (C=O) groups excluding carboxylic acids is 3. The molecular formula is C31H22N2O3S. The van der Waals surface area contributed by atoms with E-state index >= 15 is 0 Å². The molecule has 3 aliphatic heterocycles. The van der Waals surface area contributed by atoms with Crippen LogP contribution in [-0.2, 0) is 10.2 Å². The minimum Gasteiger partial charge on any atom is -0.352 e. The SMILES string of the molecule is O=C(c1ccccc1)[C@H]1[C@H](C(=O)c2cccs2)[C@]2(C(=O)Nc3ccccc32)[C@H]2C=Cc3ccccc3N12. The van der Waals surface area contributed by atoms with Crippen LogP contribution >= 0.6 is 11.3 Å². The molecule has 1 N–H and O–H groups in total. The quantitative estimate of drug-likeness (QED) is 0.369. The average molecular weight is 503 g/mol. The minimum absolute atomic E-state index is 0.167. The number of hydrogen-bond donors (Lipinski definition) is 1. The first kappa shape index (κ1) is 21.9. The monoisotopic (exact) mass is 502 g/mol. The molecule has 0 aliphatic carbocycles. The molecule has 1 saturated heterocycles. The van der Waals surface area contributed by atoms with Crippen LogP contribution in [0.15, 0.2) is 102 Å². The van der Waals surface area contributed by atoms with Gasteiger partial charge in [-0.3, -0.25) is 14.4 Å². The molecule has 5 nitrogen and oxygen atoms in total. The van der Waals surface area contributed by atoms with E-state index in [0.29, 0.717) is 16.1 Å². The van der Waals surface area contributed by atoms with Crippen molar-refractivity contribution in [1.29, 1.82) is 0 Å². The fraction of sp³-hybridized carbons (Fsp3) is 0.129. The first-order valence-electron chi connectivity index (χ1n) is 12.3. The Labute approximate surface area is 218 Å². The largest absolute Gasteiger partial charge is 0.352 e.